The van der Waals surface area contributed by atoms with E-state index in [-0.39, 0.29) is 29.5 Å². The van der Waals surface area contributed by atoms with E-state index in [2.05, 4.69) is 5.32 Å². The van der Waals surface area contributed by atoms with Crippen LogP contribution in [-0.4, -0.2) is 16.1 Å². The van der Waals surface area contributed by atoms with Gasteiger partial charge in [0, 0.05) is 23.6 Å². The number of carbonyl (C=O) groups excluding carboxylic acids is 1. The minimum absolute atomic E-state index is 0.00898. The highest BCUT2D eigenvalue weighted by Gasteiger charge is 2.37. The van der Waals surface area contributed by atoms with Gasteiger partial charge in [-0.1, -0.05) is 0 Å². The smallest absolute Gasteiger partial charge is 0.416 e. The molecule has 0 saturated carbocycles. The van der Waals surface area contributed by atoms with Crippen molar-refractivity contribution in [2.75, 3.05) is 0 Å². The Bertz CT molecular complexity index is 936. The molecule has 0 spiro atoms. The zero-order valence-electron chi connectivity index (χ0n) is 15.4. The van der Waals surface area contributed by atoms with Gasteiger partial charge in [0.15, 0.2) is 0 Å². The van der Waals surface area contributed by atoms with E-state index in [0.717, 1.165) is 0 Å². The van der Waals surface area contributed by atoms with Gasteiger partial charge in [-0.25, -0.2) is 0 Å². The molecule has 1 aliphatic rings. The second-order valence-corrected chi connectivity index (χ2v) is 7.13. The first-order valence-corrected chi connectivity index (χ1v) is 8.95. The molecular weight excluding hydrogens is 416 g/mol. The number of carbonyl (C=O) groups is 1. The summed E-state index contributed by atoms with van der Waals surface area (Å²) in [5, 5.41) is 22.2. The summed E-state index contributed by atoms with van der Waals surface area (Å²) in [6.45, 7) is -0.513. The Labute approximate surface area is 167 Å². The van der Waals surface area contributed by atoms with Crippen LogP contribution in [0.3, 0.4) is 0 Å². The van der Waals surface area contributed by atoms with Crippen molar-refractivity contribution in [1.82, 2.24) is 5.32 Å². The molecule has 10 heteroatoms. The van der Waals surface area contributed by atoms with Crippen LogP contribution in [0.4, 0.5) is 26.3 Å². The van der Waals surface area contributed by atoms with Crippen molar-refractivity contribution in [2.24, 2.45) is 5.92 Å². The standard InChI is InChI=1S/C20H17F6NO3/c21-19(22,23)12-5-10(6-13(8-12)20(24,25)26)9-27-18(30)11-1-2-14-15(7-11)17(29)4-3-16(14)28/h3-6,8,11,28-29H,1-2,7,9H2,(H,27,30). The van der Waals surface area contributed by atoms with Crippen molar-refractivity contribution in [1.29, 1.82) is 0 Å². The van der Waals surface area contributed by atoms with E-state index in [1.807, 2.05) is 0 Å². The van der Waals surface area contributed by atoms with Crippen LogP contribution in [-0.2, 0) is 36.5 Å². The fourth-order valence-electron chi connectivity index (χ4n) is 3.52. The summed E-state index contributed by atoms with van der Waals surface area (Å²) >= 11 is 0. The number of hydrogen-bond donors (Lipinski definition) is 3. The number of fused-ring (bicyclic) bond motifs is 1. The summed E-state index contributed by atoms with van der Waals surface area (Å²) in [4.78, 5) is 12.4. The Kier molecular flexibility index (Phi) is 5.62. The van der Waals surface area contributed by atoms with E-state index in [1.165, 1.54) is 12.1 Å². The van der Waals surface area contributed by atoms with Crippen LogP contribution in [0, 0.1) is 5.92 Å². The summed E-state index contributed by atoms with van der Waals surface area (Å²) in [5.41, 5.74) is -2.31. The SMILES string of the molecule is O=C(NCc1cc(C(F)(F)F)cc(C(F)(F)F)c1)C1CCc2c(O)ccc(O)c2C1. The lowest BCUT2D eigenvalue weighted by molar-refractivity contribution is -0.143. The molecule has 1 unspecified atom stereocenters. The van der Waals surface area contributed by atoms with E-state index in [9.17, 15) is 41.4 Å². The Balaban J connectivity index is 1.75. The molecule has 0 bridgehead atoms. The number of benzene rings is 2. The van der Waals surface area contributed by atoms with Crippen molar-refractivity contribution in [3.8, 4) is 11.5 Å². The molecule has 1 atom stereocenters. The Morgan fingerprint density at radius 1 is 0.933 bits per heavy atom. The molecule has 0 aliphatic heterocycles. The largest absolute Gasteiger partial charge is 0.508 e. The first-order chi connectivity index (χ1) is 13.9. The zero-order valence-corrected chi connectivity index (χ0v) is 15.4. The molecule has 162 valence electrons. The molecule has 0 heterocycles. The van der Waals surface area contributed by atoms with Crippen LogP contribution in [0.2, 0.25) is 0 Å². The van der Waals surface area contributed by atoms with Gasteiger partial charge in [-0.2, -0.15) is 26.3 Å². The Hall–Kier alpha value is -2.91. The van der Waals surface area contributed by atoms with E-state index >= 15 is 0 Å². The van der Waals surface area contributed by atoms with Crippen molar-refractivity contribution < 1.29 is 41.4 Å². The van der Waals surface area contributed by atoms with Gasteiger partial charge in [0.2, 0.25) is 5.91 Å². The molecule has 4 nitrogen and oxygen atoms in total. The highest BCUT2D eigenvalue weighted by Crippen LogP contribution is 2.38. The van der Waals surface area contributed by atoms with Crippen LogP contribution in [0.5, 0.6) is 11.5 Å². The number of phenols is 2. The van der Waals surface area contributed by atoms with Crippen LogP contribution in [0.25, 0.3) is 0 Å². The van der Waals surface area contributed by atoms with Gasteiger partial charge in [0.1, 0.15) is 11.5 Å². The van der Waals surface area contributed by atoms with Gasteiger partial charge in [-0.3, -0.25) is 4.79 Å². The molecule has 0 radical (unpaired) electrons. The minimum atomic E-state index is -4.97. The molecule has 1 amide bonds. The first-order valence-electron chi connectivity index (χ1n) is 8.95. The Morgan fingerprint density at radius 2 is 1.47 bits per heavy atom. The number of phenolic OH excluding ortho intramolecular Hbond substituents is 2. The van der Waals surface area contributed by atoms with Gasteiger partial charge in [0.25, 0.3) is 0 Å². The summed E-state index contributed by atoms with van der Waals surface area (Å²) in [5.74, 6) is -1.30. The van der Waals surface area contributed by atoms with E-state index < -0.39 is 41.8 Å². The van der Waals surface area contributed by atoms with Gasteiger partial charge in [-0.15, -0.1) is 0 Å². The number of halogens is 6. The zero-order chi connectivity index (χ0) is 22.3. The predicted molar refractivity (Wildman–Crippen MR) is 93.6 cm³/mol. The minimum Gasteiger partial charge on any atom is -0.508 e. The monoisotopic (exact) mass is 433 g/mol. The van der Waals surface area contributed by atoms with Gasteiger partial charge in [0.05, 0.1) is 11.1 Å². The highest BCUT2D eigenvalue weighted by atomic mass is 19.4. The molecule has 30 heavy (non-hydrogen) atoms. The van der Waals surface area contributed by atoms with Crippen LogP contribution >= 0.6 is 0 Å². The molecule has 2 aromatic rings. The maximum Gasteiger partial charge on any atom is 0.416 e. The number of aromatic hydroxyl groups is 2. The Morgan fingerprint density at radius 3 is 2.00 bits per heavy atom. The fraction of sp³-hybridized carbons (Fsp3) is 0.350. The maximum absolute atomic E-state index is 12.9. The number of nitrogens with one attached hydrogen (secondary N) is 1. The fourth-order valence-corrected chi connectivity index (χ4v) is 3.52. The van der Waals surface area contributed by atoms with Crippen molar-refractivity contribution in [3.63, 3.8) is 0 Å². The third-order valence-electron chi connectivity index (χ3n) is 5.06. The van der Waals surface area contributed by atoms with Crippen LogP contribution in [0.1, 0.15) is 34.2 Å². The summed E-state index contributed by atoms with van der Waals surface area (Å²) < 4.78 is 77.6. The van der Waals surface area contributed by atoms with Gasteiger partial charge in [-0.05, 0) is 55.2 Å². The third kappa shape index (κ3) is 4.63. The normalized spacial score (nSPS) is 16.8. The molecule has 0 saturated heterocycles. The number of amides is 1. The molecule has 3 N–H and O–H groups in total. The van der Waals surface area contributed by atoms with Gasteiger partial charge >= 0.3 is 12.4 Å². The molecular formula is C20H17F6NO3. The second-order valence-electron chi connectivity index (χ2n) is 7.13. The second kappa shape index (κ2) is 7.73. The molecule has 2 aromatic carbocycles. The molecule has 3 rings (SSSR count). The quantitative estimate of drug-likeness (QED) is 0.491. The number of rotatable bonds is 3. The van der Waals surface area contributed by atoms with Crippen molar-refractivity contribution in [3.05, 3.63) is 58.1 Å². The average molecular weight is 433 g/mol. The maximum atomic E-state index is 12.9. The van der Waals surface area contributed by atoms with Crippen molar-refractivity contribution in [2.45, 2.75) is 38.2 Å². The molecule has 1 aliphatic carbocycles. The topological polar surface area (TPSA) is 69.6 Å². The van der Waals surface area contributed by atoms with Gasteiger partial charge < -0.3 is 15.5 Å². The lowest BCUT2D eigenvalue weighted by Gasteiger charge is -2.25. The van der Waals surface area contributed by atoms with Crippen LogP contribution < -0.4 is 5.32 Å². The molecule has 0 aromatic heterocycles. The lowest BCUT2D eigenvalue weighted by atomic mass is 9.82. The average Bonchev–Trinajstić information content (AvgIpc) is 2.67. The van der Waals surface area contributed by atoms with Crippen molar-refractivity contribution >= 4 is 5.91 Å². The summed E-state index contributed by atoms with van der Waals surface area (Å²) in [7, 11) is 0. The van der Waals surface area contributed by atoms with E-state index in [0.29, 0.717) is 36.1 Å². The predicted octanol–water partition coefficient (Wildman–Crippen LogP) is 4.56. The van der Waals surface area contributed by atoms with E-state index in [1.54, 1.807) is 0 Å². The number of alkyl halides is 6. The first kappa shape index (κ1) is 21.8. The summed E-state index contributed by atoms with van der Waals surface area (Å²) in [6, 6.07) is 3.78. The van der Waals surface area contributed by atoms with Crippen LogP contribution in [0.15, 0.2) is 30.3 Å². The third-order valence-corrected chi connectivity index (χ3v) is 5.06. The lowest BCUT2D eigenvalue weighted by Crippen LogP contribution is -2.34. The number of hydrogen-bond acceptors (Lipinski definition) is 3. The molecule has 0 fully saturated rings. The summed E-state index contributed by atoms with van der Waals surface area (Å²) in [6.07, 6.45) is -9.22. The highest BCUT2D eigenvalue weighted by molar-refractivity contribution is 5.79. The van der Waals surface area contributed by atoms with E-state index in [4.69, 9.17) is 0 Å².